The maximum Gasteiger partial charge on any atom is 0.404 e. The van der Waals surface area contributed by atoms with Gasteiger partial charge in [-0.3, -0.25) is 9.79 Å². The zero-order valence-electron chi connectivity index (χ0n) is 10.2. The van der Waals surface area contributed by atoms with Gasteiger partial charge in [-0.25, -0.2) is 4.79 Å². The number of hydrogen-bond acceptors (Lipinski definition) is 3. The summed E-state index contributed by atoms with van der Waals surface area (Å²) in [6.45, 7) is 3.92. The van der Waals surface area contributed by atoms with Crippen LogP contribution in [0.25, 0.3) is 0 Å². The van der Waals surface area contributed by atoms with E-state index in [-0.39, 0.29) is 12.5 Å². The molecule has 2 amide bonds. The Balaban J connectivity index is 2.72. The minimum absolute atomic E-state index is 0.0281. The highest BCUT2D eigenvalue weighted by Gasteiger charge is 2.41. The van der Waals surface area contributed by atoms with Gasteiger partial charge in [-0.05, 0) is 12.8 Å². The van der Waals surface area contributed by atoms with Crippen molar-refractivity contribution in [2.75, 3.05) is 6.54 Å². The van der Waals surface area contributed by atoms with Gasteiger partial charge in [0, 0.05) is 6.42 Å². The molecule has 17 heavy (non-hydrogen) atoms. The van der Waals surface area contributed by atoms with E-state index in [1.54, 1.807) is 0 Å². The first-order valence-corrected chi connectivity index (χ1v) is 5.91. The van der Waals surface area contributed by atoms with Gasteiger partial charge in [0.15, 0.2) is 5.54 Å². The Labute approximate surface area is 100 Å². The Hall–Kier alpha value is -1.59. The van der Waals surface area contributed by atoms with Crippen LogP contribution in [-0.2, 0) is 4.79 Å². The molecule has 1 atom stereocenters. The number of hydrogen-bond donors (Lipinski definition) is 3. The van der Waals surface area contributed by atoms with Crippen molar-refractivity contribution in [2.45, 2.75) is 45.1 Å². The minimum atomic E-state index is -1.14. The SMILES string of the molecule is CCCCC1=NC(CC)(CNC(=O)O)C(=O)N1. The van der Waals surface area contributed by atoms with Crippen LogP contribution < -0.4 is 10.6 Å². The van der Waals surface area contributed by atoms with Crippen LogP contribution in [0.2, 0.25) is 0 Å². The lowest BCUT2D eigenvalue weighted by molar-refractivity contribution is -0.123. The second kappa shape index (κ2) is 5.65. The summed E-state index contributed by atoms with van der Waals surface area (Å²) in [5.74, 6) is 0.464. The molecule has 0 radical (unpaired) electrons. The standard InChI is InChI=1S/C11H19N3O3/c1-3-5-6-8-13-9(15)11(4-2,14-8)7-12-10(16)17/h12H,3-7H2,1-2H3,(H,16,17)(H,13,14,15). The highest BCUT2D eigenvalue weighted by molar-refractivity contribution is 6.08. The van der Waals surface area contributed by atoms with Crippen LogP contribution in [0.15, 0.2) is 4.99 Å². The van der Waals surface area contributed by atoms with E-state index < -0.39 is 11.6 Å². The van der Waals surface area contributed by atoms with Gasteiger partial charge in [0.1, 0.15) is 5.84 Å². The molecular formula is C11H19N3O3. The molecule has 0 aliphatic carbocycles. The van der Waals surface area contributed by atoms with E-state index in [4.69, 9.17) is 5.11 Å². The summed E-state index contributed by atoms with van der Waals surface area (Å²) in [5, 5.41) is 13.6. The molecule has 1 rings (SSSR count). The molecule has 3 N–H and O–H groups in total. The fourth-order valence-corrected chi connectivity index (χ4v) is 1.75. The molecule has 0 aromatic rings. The van der Waals surface area contributed by atoms with Gasteiger partial charge in [0.05, 0.1) is 6.54 Å². The third-order valence-electron chi connectivity index (χ3n) is 2.91. The number of nitrogens with zero attached hydrogens (tertiary/aromatic N) is 1. The number of carboxylic acid groups (broad SMARTS) is 1. The highest BCUT2D eigenvalue weighted by atomic mass is 16.4. The van der Waals surface area contributed by atoms with E-state index >= 15 is 0 Å². The zero-order valence-corrected chi connectivity index (χ0v) is 10.2. The number of carbonyl (C=O) groups is 2. The van der Waals surface area contributed by atoms with Crippen LogP contribution in [0.4, 0.5) is 4.79 Å². The Morgan fingerprint density at radius 2 is 2.24 bits per heavy atom. The topological polar surface area (TPSA) is 90.8 Å². The van der Waals surface area contributed by atoms with Gasteiger partial charge >= 0.3 is 6.09 Å². The largest absolute Gasteiger partial charge is 0.465 e. The van der Waals surface area contributed by atoms with Crippen molar-refractivity contribution < 1.29 is 14.7 Å². The average molecular weight is 241 g/mol. The predicted molar refractivity (Wildman–Crippen MR) is 64.2 cm³/mol. The number of carbonyl (C=O) groups excluding carboxylic acids is 1. The first-order chi connectivity index (χ1) is 8.04. The van der Waals surface area contributed by atoms with Crippen molar-refractivity contribution in [2.24, 2.45) is 4.99 Å². The molecule has 0 aromatic carbocycles. The fourth-order valence-electron chi connectivity index (χ4n) is 1.75. The molecule has 6 heteroatoms. The number of aliphatic imine (C=N–C) groups is 1. The normalized spacial score (nSPS) is 23.2. The molecular weight excluding hydrogens is 222 g/mol. The molecule has 0 saturated heterocycles. The first-order valence-electron chi connectivity index (χ1n) is 5.91. The van der Waals surface area contributed by atoms with E-state index in [0.29, 0.717) is 12.3 Å². The average Bonchev–Trinajstić information content (AvgIpc) is 2.61. The molecule has 0 spiro atoms. The lowest BCUT2D eigenvalue weighted by atomic mass is 9.97. The lowest BCUT2D eigenvalue weighted by Gasteiger charge is -2.20. The summed E-state index contributed by atoms with van der Waals surface area (Å²) in [5.41, 5.74) is -0.957. The Morgan fingerprint density at radius 3 is 2.76 bits per heavy atom. The van der Waals surface area contributed by atoms with Crippen LogP contribution in [0.1, 0.15) is 39.5 Å². The van der Waals surface area contributed by atoms with Crippen LogP contribution >= 0.6 is 0 Å². The summed E-state index contributed by atoms with van der Waals surface area (Å²) >= 11 is 0. The first kappa shape index (κ1) is 13.5. The van der Waals surface area contributed by atoms with Crippen LogP contribution in [0.5, 0.6) is 0 Å². The summed E-state index contributed by atoms with van der Waals surface area (Å²) in [4.78, 5) is 26.7. The van der Waals surface area contributed by atoms with Gasteiger partial charge in [-0.15, -0.1) is 0 Å². The molecule has 96 valence electrons. The minimum Gasteiger partial charge on any atom is -0.465 e. The molecule has 1 heterocycles. The van der Waals surface area contributed by atoms with Crippen LogP contribution in [0.3, 0.4) is 0 Å². The fraction of sp³-hybridized carbons (Fsp3) is 0.727. The summed E-state index contributed by atoms with van der Waals surface area (Å²) < 4.78 is 0. The maximum atomic E-state index is 11.9. The quantitative estimate of drug-likeness (QED) is 0.650. The second-order valence-corrected chi connectivity index (χ2v) is 4.16. The number of amides is 2. The Bertz CT molecular complexity index is 341. The van der Waals surface area contributed by atoms with Crippen molar-refractivity contribution in [1.29, 1.82) is 0 Å². The van der Waals surface area contributed by atoms with Gasteiger partial charge in [-0.2, -0.15) is 0 Å². The monoisotopic (exact) mass is 241 g/mol. The molecule has 1 aliphatic rings. The van der Waals surface area contributed by atoms with E-state index in [2.05, 4.69) is 22.5 Å². The molecule has 0 fully saturated rings. The van der Waals surface area contributed by atoms with Crippen molar-refractivity contribution in [3.63, 3.8) is 0 Å². The third-order valence-corrected chi connectivity index (χ3v) is 2.91. The summed E-state index contributed by atoms with van der Waals surface area (Å²) in [6.07, 6.45) is 2.07. The third kappa shape index (κ3) is 3.18. The Morgan fingerprint density at radius 1 is 1.53 bits per heavy atom. The van der Waals surface area contributed by atoms with Gasteiger partial charge in [-0.1, -0.05) is 20.3 Å². The van der Waals surface area contributed by atoms with E-state index in [9.17, 15) is 9.59 Å². The number of rotatable bonds is 6. The molecule has 0 bridgehead atoms. The van der Waals surface area contributed by atoms with Crippen molar-refractivity contribution in [3.05, 3.63) is 0 Å². The molecule has 0 saturated carbocycles. The van der Waals surface area contributed by atoms with Crippen molar-refractivity contribution >= 4 is 17.8 Å². The molecule has 6 nitrogen and oxygen atoms in total. The molecule has 1 aliphatic heterocycles. The van der Waals surface area contributed by atoms with E-state index in [1.165, 1.54) is 0 Å². The molecule has 0 aromatic heterocycles. The van der Waals surface area contributed by atoms with E-state index in [1.807, 2.05) is 6.92 Å². The van der Waals surface area contributed by atoms with Gasteiger partial charge < -0.3 is 15.7 Å². The summed E-state index contributed by atoms with van der Waals surface area (Å²) in [7, 11) is 0. The van der Waals surface area contributed by atoms with E-state index in [0.717, 1.165) is 19.3 Å². The Kier molecular flexibility index (Phi) is 4.48. The molecule has 1 unspecified atom stereocenters. The maximum absolute atomic E-state index is 11.9. The van der Waals surface area contributed by atoms with Crippen LogP contribution in [0, 0.1) is 0 Å². The number of unbranched alkanes of at least 4 members (excludes halogenated alkanes) is 1. The van der Waals surface area contributed by atoms with Crippen molar-refractivity contribution in [3.8, 4) is 0 Å². The number of amidine groups is 1. The smallest absolute Gasteiger partial charge is 0.404 e. The summed E-state index contributed by atoms with van der Waals surface area (Å²) in [6, 6.07) is 0. The highest BCUT2D eigenvalue weighted by Crippen LogP contribution is 2.21. The van der Waals surface area contributed by atoms with Gasteiger partial charge in [0.25, 0.3) is 5.91 Å². The van der Waals surface area contributed by atoms with Crippen LogP contribution in [-0.4, -0.2) is 35.0 Å². The second-order valence-electron chi connectivity index (χ2n) is 4.16. The predicted octanol–water partition coefficient (Wildman–Crippen LogP) is 1.12. The zero-order chi connectivity index (χ0) is 12.9. The lowest BCUT2D eigenvalue weighted by Crippen LogP contribution is -2.48. The van der Waals surface area contributed by atoms with Crippen molar-refractivity contribution in [1.82, 2.24) is 10.6 Å². The van der Waals surface area contributed by atoms with Gasteiger partial charge in [0.2, 0.25) is 0 Å². The number of nitrogens with one attached hydrogen (secondary N) is 2.